The predicted octanol–water partition coefficient (Wildman–Crippen LogP) is 1.46. The zero-order valence-corrected chi connectivity index (χ0v) is 12.8. The van der Waals surface area contributed by atoms with E-state index in [0.717, 1.165) is 25.9 Å². The number of ether oxygens (including phenoxy) is 1. The minimum atomic E-state index is -3.32. The Bertz CT molecular complexity index is 539. The minimum Gasteiger partial charge on any atom is -0.495 e. The second-order valence-corrected chi connectivity index (χ2v) is 7.16. The lowest BCUT2D eigenvalue weighted by Crippen LogP contribution is -2.36. The highest BCUT2D eigenvalue weighted by Gasteiger charge is 2.26. The van der Waals surface area contributed by atoms with Crippen molar-refractivity contribution in [3.05, 3.63) is 24.3 Å². The molecule has 0 atom stereocenters. The van der Waals surface area contributed by atoms with Crippen molar-refractivity contribution >= 4 is 15.7 Å². The Balaban J connectivity index is 2.15. The second-order valence-electron chi connectivity index (χ2n) is 5.11. The van der Waals surface area contributed by atoms with Gasteiger partial charge in [0, 0.05) is 7.05 Å². The summed E-state index contributed by atoms with van der Waals surface area (Å²) in [7, 11) is -0.181. The third-order valence-corrected chi connectivity index (χ3v) is 5.67. The Morgan fingerprint density at radius 2 is 1.95 bits per heavy atom. The average Bonchev–Trinajstić information content (AvgIpc) is 2.47. The first-order chi connectivity index (χ1) is 9.54. The van der Waals surface area contributed by atoms with Gasteiger partial charge >= 0.3 is 0 Å². The molecule has 1 N–H and O–H groups in total. The van der Waals surface area contributed by atoms with Crippen molar-refractivity contribution in [1.29, 1.82) is 0 Å². The molecule has 5 nitrogen and oxygen atoms in total. The van der Waals surface area contributed by atoms with Crippen LogP contribution in [0.25, 0.3) is 0 Å². The van der Waals surface area contributed by atoms with Crippen LogP contribution in [0, 0.1) is 5.92 Å². The van der Waals surface area contributed by atoms with Gasteiger partial charge in [0.2, 0.25) is 10.0 Å². The normalized spacial score (nSPS) is 16.9. The molecule has 6 heteroatoms. The van der Waals surface area contributed by atoms with Gasteiger partial charge in [-0.3, -0.25) is 4.31 Å². The summed E-state index contributed by atoms with van der Waals surface area (Å²) in [5.74, 6) is 1.01. The fraction of sp³-hybridized carbons (Fsp3) is 0.571. The first-order valence-corrected chi connectivity index (χ1v) is 8.46. The van der Waals surface area contributed by atoms with Crippen LogP contribution in [0.5, 0.6) is 5.75 Å². The molecule has 0 saturated carbocycles. The first-order valence-electron chi connectivity index (χ1n) is 6.85. The minimum absolute atomic E-state index is 0.198. The third kappa shape index (κ3) is 3.43. The van der Waals surface area contributed by atoms with Gasteiger partial charge in [-0.2, -0.15) is 0 Å². The molecular formula is C14H22N2O3S. The fourth-order valence-electron chi connectivity index (χ4n) is 2.50. The van der Waals surface area contributed by atoms with Crippen molar-refractivity contribution in [1.82, 2.24) is 5.32 Å². The second kappa shape index (κ2) is 6.45. The number of para-hydroxylation sites is 2. The van der Waals surface area contributed by atoms with E-state index in [1.54, 1.807) is 26.3 Å². The number of nitrogens with one attached hydrogen (secondary N) is 1. The van der Waals surface area contributed by atoms with Crippen LogP contribution in [0.4, 0.5) is 5.69 Å². The maximum Gasteiger partial charge on any atom is 0.235 e. The van der Waals surface area contributed by atoms with E-state index in [1.807, 2.05) is 12.1 Å². The van der Waals surface area contributed by atoms with E-state index in [0.29, 0.717) is 11.4 Å². The molecule has 112 valence electrons. The Kier molecular flexibility index (Phi) is 4.88. The summed E-state index contributed by atoms with van der Waals surface area (Å²) in [6.45, 7) is 1.80. The Morgan fingerprint density at radius 3 is 2.60 bits per heavy atom. The van der Waals surface area contributed by atoms with E-state index in [2.05, 4.69) is 5.32 Å². The highest BCUT2D eigenvalue weighted by Crippen LogP contribution is 2.29. The molecule has 1 fully saturated rings. The number of benzene rings is 1. The van der Waals surface area contributed by atoms with Crippen LogP contribution in [0.1, 0.15) is 12.8 Å². The molecule has 1 heterocycles. The van der Waals surface area contributed by atoms with Gasteiger partial charge in [0.15, 0.2) is 0 Å². The van der Waals surface area contributed by atoms with Crippen LogP contribution in [-0.4, -0.2) is 41.4 Å². The van der Waals surface area contributed by atoms with Crippen LogP contribution in [0.15, 0.2) is 24.3 Å². The summed E-state index contributed by atoms with van der Waals surface area (Å²) in [4.78, 5) is 0. The van der Waals surface area contributed by atoms with Gasteiger partial charge in [-0.15, -0.1) is 0 Å². The Labute approximate surface area is 121 Å². The number of rotatable bonds is 5. The molecule has 20 heavy (non-hydrogen) atoms. The molecule has 0 unspecified atom stereocenters. The van der Waals surface area contributed by atoms with Crippen LogP contribution in [-0.2, 0) is 10.0 Å². The molecule has 1 aromatic rings. The summed E-state index contributed by atoms with van der Waals surface area (Å²) in [5, 5.41) is 3.25. The number of sulfonamides is 1. The van der Waals surface area contributed by atoms with Crippen molar-refractivity contribution in [2.75, 3.05) is 37.3 Å². The van der Waals surface area contributed by atoms with E-state index in [9.17, 15) is 8.42 Å². The van der Waals surface area contributed by atoms with Gasteiger partial charge in [0.05, 0.1) is 18.6 Å². The highest BCUT2D eigenvalue weighted by atomic mass is 32.2. The Morgan fingerprint density at radius 1 is 1.30 bits per heavy atom. The lowest BCUT2D eigenvalue weighted by molar-refractivity contribution is 0.400. The standard InChI is InChI=1S/C14H22N2O3S/c1-16(13-5-3-4-6-14(13)19-2)20(17,18)11-12-7-9-15-10-8-12/h3-6,12,15H,7-11H2,1-2H3. The first kappa shape index (κ1) is 15.1. The fourth-order valence-corrected chi connectivity index (χ4v) is 4.10. The number of hydrogen-bond donors (Lipinski definition) is 1. The van der Waals surface area contributed by atoms with Crippen molar-refractivity contribution in [2.24, 2.45) is 5.92 Å². The van der Waals surface area contributed by atoms with Crippen LogP contribution >= 0.6 is 0 Å². The smallest absolute Gasteiger partial charge is 0.235 e. The molecule has 1 aromatic carbocycles. The van der Waals surface area contributed by atoms with Crippen molar-refractivity contribution in [2.45, 2.75) is 12.8 Å². The van der Waals surface area contributed by atoms with Gasteiger partial charge in [-0.1, -0.05) is 12.1 Å². The summed E-state index contributed by atoms with van der Waals surface area (Å²) >= 11 is 0. The zero-order valence-electron chi connectivity index (χ0n) is 12.0. The largest absolute Gasteiger partial charge is 0.495 e. The zero-order chi connectivity index (χ0) is 14.6. The van der Waals surface area contributed by atoms with Crippen molar-refractivity contribution < 1.29 is 13.2 Å². The van der Waals surface area contributed by atoms with E-state index >= 15 is 0 Å². The van der Waals surface area contributed by atoms with Gasteiger partial charge in [0.1, 0.15) is 5.75 Å². The number of nitrogens with zero attached hydrogens (tertiary/aromatic N) is 1. The van der Waals surface area contributed by atoms with E-state index in [1.165, 1.54) is 4.31 Å². The molecule has 0 amide bonds. The molecule has 0 aliphatic carbocycles. The van der Waals surface area contributed by atoms with E-state index < -0.39 is 10.0 Å². The van der Waals surface area contributed by atoms with Crippen LogP contribution < -0.4 is 14.4 Å². The predicted molar refractivity (Wildman–Crippen MR) is 80.8 cm³/mol. The maximum absolute atomic E-state index is 12.5. The number of methoxy groups -OCH3 is 1. The molecule has 1 aliphatic rings. The average molecular weight is 298 g/mol. The molecular weight excluding hydrogens is 276 g/mol. The maximum atomic E-state index is 12.5. The van der Waals surface area contributed by atoms with Gasteiger partial charge in [0.25, 0.3) is 0 Å². The summed E-state index contributed by atoms with van der Waals surface area (Å²) in [6, 6.07) is 7.18. The van der Waals surface area contributed by atoms with Crippen molar-refractivity contribution in [3.8, 4) is 5.75 Å². The molecule has 1 saturated heterocycles. The summed E-state index contributed by atoms with van der Waals surface area (Å²) < 4.78 is 31.6. The molecule has 1 aliphatic heterocycles. The number of anilines is 1. The monoisotopic (exact) mass is 298 g/mol. The van der Waals surface area contributed by atoms with E-state index in [-0.39, 0.29) is 11.7 Å². The summed E-state index contributed by atoms with van der Waals surface area (Å²) in [5.41, 5.74) is 0.587. The highest BCUT2D eigenvalue weighted by molar-refractivity contribution is 7.92. The topological polar surface area (TPSA) is 58.6 Å². The van der Waals surface area contributed by atoms with Gasteiger partial charge in [-0.05, 0) is 44.0 Å². The number of piperidine rings is 1. The van der Waals surface area contributed by atoms with Crippen LogP contribution in [0.2, 0.25) is 0 Å². The van der Waals surface area contributed by atoms with Gasteiger partial charge < -0.3 is 10.1 Å². The molecule has 0 bridgehead atoms. The van der Waals surface area contributed by atoms with Gasteiger partial charge in [-0.25, -0.2) is 8.42 Å². The van der Waals surface area contributed by atoms with Crippen LogP contribution in [0.3, 0.4) is 0 Å². The molecule has 2 rings (SSSR count). The SMILES string of the molecule is COc1ccccc1N(C)S(=O)(=O)CC1CCNCC1. The lowest BCUT2D eigenvalue weighted by Gasteiger charge is -2.26. The van der Waals surface area contributed by atoms with E-state index in [4.69, 9.17) is 4.74 Å². The van der Waals surface area contributed by atoms with Crippen molar-refractivity contribution in [3.63, 3.8) is 0 Å². The molecule has 0 spiro atoms. The Hall–Kier alpha value is -1.27. The molecule has 0 radical (unpaired) electrons. The lowest BCUT2D eigenvalue weighted by atomic mass is 10.0. The number of hydrogen-bond acceptors (Lipinski definition) is 4. The molecule has 0 aromatic heterocycles. The quantitative estimate of drug-likeness (QED) is 0.894. The third-order valence-electron chi connectivity index (χ3n) is 3.75. The summed E-state index contributed by atoms with van der Waals surface area (Å²) in [6.07, 6.45) is 1.83.